The van der Waals surface area contributed by atoms with Crippen molar-refractivity contribution in [1.29, 1.82) is 0 Å². The molecule has 5 aromatic heterocycles. The Morgan fingerprint density at radius 1 is 0.184 bits per heavy atom. The first-order chi connectivity index (χ1) is 37.7. The summed E-state index contributed by atoms with van der Waals surface area (Å²) in [6, 6.07) is 93.5. The monoisotopic (exact) mass is 969 g/mol. The molecule has 0 amide bonds. The number of benzene rings is 11. The summed E-state index contributed by atoms with van der Waals surface area (Å²) < 4.78 is 9.64. The topological polar surface area (TPSA) is 58.4 Å². The first kappa shape index (κ1) is 42.2. The Balaban J connectivity index is 0.967. The van der Waals surface area contributed by atoms with Crippen molar-refractivity contribution < 1.29 is 0 Å². The van der Waals surface area contributed by atoms with Gasteiger partial charge < -0.3 is 18.3 Å². The quantitative estimate of drug-likeness (QED) is 0.160. The number of fused-ring (bicyclic) bond motifs is 12. The highest BCUT2D eigenvalue weighted by Gasteiger charge is 2.22. The van der Waals surface area contributed by atoms with Gasteiger partial charge >= 0.3 is 0 Å². The van der Waals surface area contributed by atoms with Crippen molar-refractivity contribution in [3.05, 3.63) is 261 Å². The van der Waals surface area contributed by atoms with E-state index in [-0.39, 0.29) is 0 Å². The van der Waals surface area contributed by atoms with Crippen LogP contribution < -0.4 is 0 Å². The van der Waals surface area contributed by atoms with Gasteiger partial charge in [-0.2, -0.15) is 0 Å². The van der Waals surface area contributed by atoms with Crippen LogP contribution in [0.2, 0.25) is 0 Å². The van der Waals surface area contributed by atoms with Crippen LogP contribution in [0.15, 0.2) is 261 Å². The molecule has 76 heavy (non-hydrogen) atoms. The van der Waals surface area contributed by atoms with Crippen molar-refractivity contribution in [2.75, 3.05) is 0 Å². The van der Waals surface area contributed by atoms with Crippen molar-refractivity contribution in [3.63, 3.8) is 0 Å². The minimum atomic E-state index is 0.583. The van der Waals surface area contributed by atoms with E-state index in [0.717, 1.165) is 72.3 Å². The van der Waals surface area contributed by atoms with E-state index in [1.807, 2.05) is 36.4 Å². The molecule has 11 aromatic carbocycles. The fourth-order valence-electron chi connectivity index (χ4n) is 12.1. The van der Waals surface area contributed by atoms with Gasteiger partial charge in [0.25, 0.3) is 0 Å². The standard InChI is InChI=1S/C69H43N7/c1-3-19-44(20-4-1)67-70-68(45-21-5-2-6-22-45)72-69(71-67)46-39-49(75-63-33-17-11-27-55(63)57-42-47(35-37-65(57)75)73-59-29-13-7-23-51(59)52-24-8-14-30-60(52)73)41-50(40-46)76-64-34-18-12-28-56(64)58-43-48(36-38-66(58)76)74-61-31-15-9-25-53(61)54-26-10-16-32-62(54)74/h1-43H. The lowest BCUT2D eigenvalue weighted by atomic mass is 10.1. The zero-order chi connectivity index (χ0) is 49.8. The molecule has 0 bridgehead atoms. The number of nitrogens with zero attached hydrogens (tertiary/aromatic N) is 7. The molecular weight excluding hydrogens is 927 g/mol. The molecule has 0 aliphatic heterocycles. The molecule has 0 unspecified atom stereocenters. The zero-order valence-electron chi connectivity index (χ0n) is 41.0. The molecule has 7 nitrogen and oxygen atoms in total. The molecule has 354 valence electrons. The summed E-state index contributed by atoms with van der Waals surface area (Å²) in [7, 11) is 0. The maximum absolute atomic E-state index is 5.33. The minimum Gasteiger partial charge on any atom is -0.309 e. The number of para-hydroxylation sites is 6. The molecule has 0 saturated carbocycles. The van der Waals surface area contributed by atoms with E-state index >= 15 is 0 Å². The van der Waals surface area contributed by atoms with Gasteiger partial charge in [0.1, 0.15) is 0 Å². The van der Waals surface area contributed by atoms with Crippen LogP contribution in [0.3, 0.4) is 0 Å². The van der Waals surface area contributed by atoms with E-state index < -0.39 is 0 Å². The Hall–Kier alpha value is -10.4. The Labute approximate surface area is 436 Å². The average Bonchev–Trinajstić information content (AvgIpc) is 4.36. The summed E-state index contributed by atoms with van der Waals surface area (Å²) in [5.74, 6) is 1.81. The first-order valence-electron chi connectivity index (χ1n) is 25.8. The summed E-state index contributed by atoms with van der Waals surface area (Å²) in [4.78, 5) is 15.8. The predicted octanol–water partition coefficient (Wildman–Crippen LogP) is 17.3. The molecule has 16 rings (SSSR count). The average molecular weight is 970 g/mol. The van der Waals surface area contributed by atoms with Gasteiger partial charge in [-0.25, -0.2) is 15.0 Å². The predicted molar refractivity (Wildman–Crippen MR) is 313 cm³/mol. The Bertz CT molecular complexity index is 4580. The molecular formula is C69H43N7. The number of aromatic nitrogens is 7. The van der Waals surface area contributed by atoms with Gasteiger partial charge in [-0.1, -0.05) is 170 Å². The Morgan fingerprint density at radius 3 is 0.789 bits per heavy atom. The molecule has 0 N–H and O–H groups in total. The van der Waals surface area contributed by atoms with E-state index in [1.165, 1.54) is 54.4 Å². The lowest BCUT2D eigenvalue weighted by Gasteiger charge is -2.16. The molecule has 0 aliphatic carbocycles. The lowest BCUT2D eigenvalue weighted by Crippen LogP contribution is -2.03. The first-order valence-corrected chi connectivity index (χ1v) is 25.8. The van der Waals surface area contributed by atoms with E-state index in [1.54, 1.807) is 0 Å². The van der Waals surface area contributed by atoms with Crippen LogP contribution in [0.1, 0.15) is 0 Å². The summed E-state index contributed by atoms with van der Waals surface area (Å²) in [6.45, 7) is 0. The third-order valence-electron chi connectivity index (χ3n) is 15.4. The van der Waals surface area contributed by atoms with E-state index in [2.05, 4.69) is 243 Å². The van der Waals surface area contributed by atoms with Gasteiger partial charge in [0.05, 0.1) is 44.1 Å². The zero-order valence-corrected chi connectivity index (χ0v) is 41.0. The van der Waals surface area contributed by atoms with Crippen LogP contribution in [0.25, 0.3) is 144 Å². The van der Waals surface area contributed by atoms with Gasteiger partial charge in [-0.05, 0) is 91.0 Å². The van der Waals surface area contributed by atoms with Gasteiger partial charge in [0.15, 0.2) is 17.5 Å². The van der Waals surface area contributed by atoms with Crippen molar-refractivity contribution in [3.8, 4) is 56.9 Å². The lowest BCUT2D eigenvalue weighted by molar-refractivity contribution is 1.07. The van der Waals surface area contributed by atoms with Crippen LogP contribution in [-0.4, -0.2) is 33.2 Å². The fraction of sp³-hybridized carbons (Fsp3) is 0. The molecule has 0 atom stereocenters. The van der Waals surface area contributed by atoms with Crippen molar-refractivity contribution >= 4 is 87.2 Å². The molecule has 0 fully saturated rings. The van der Waals surface area contributed by atoms with Crippen molar-refractivity contribution in [2.24, 2.45) is 0 Å². The highest BCUT2D eigenvalue weighted by molar-refractivity contribution is 6.14. The summed E-state index contributed by atoms with van der Waals surface area (Å²) in [5, 5.41) is 9.61. The molecule has 16 aromatic rings. The van der Waals surface area contributed by atoms with Crippen LogP contribution in [0.4, 0.5) is 0 Å². The highest BCUT2D eigenvalue weighted by Crippen LogP contribution is 2.41. The van der Waals surface area contributed by atoms with Gasteiger partial charge in [-0.3, -0.25) is 0 Å². The molecule has 0 aliphatic rings. The van der Waals surface area contributed by atoms with E-state index in [0.29, 0.717) is 17.5 Å². The third kappa shape index (κ3) is 6.39. The largest absolute Gasteiger partial charge is 0.309 e. The maximum Gasteiger partial charge on any atom is 0.164 e. The summed E-state index contributed by atoms with van der Waals surface area (Å²) >= 11 is 0. The number of rotatable bonds is 7. The van der Waals surface area contributed by atoms with Crippen molar-refractivity contribution in [2.45, 2.75) is 0 Å². The van der Waals surface area contributed by atoms with E-state index in [9.17, 15) is 0 Å². The second kappa shape index (κ2) is 16.6. The normalized spacial score (nSPS) is 11.9. The minimum absolute atomic E-state index is 0.583. The Morgan fingerprint density at radius 2 is 0.447 bits per heavy atom. The third-order valence-corrected chi connectivity index (χ3v) is 15.4. The number of hydrogen-bond acceptors (Lipinski definition) is 3. The highest BCUT2D eigenvalue weighted by atomic mass is 15.1. The molecule has 5 heterocycles. The maximum atomic E-state index is 5.33. The fourth-order valence-corrected chi connectivity index (χ4v) is 12.1. The number of hydrogen-bond donors (Lipinski definition) is 0. The SMILES string of the molecule is c1ccc(-c2nc(-c3ccccc3)nc(-c3cc(-n4c5ccccc5c5cc(-n6c7ccccc7c7ccccc76)ccc54)cc(-n4c5ccccc5c5cc(-n6c7ccccc7c7ccccc76)ccc54)c3)n2)cc1. The Kier molecular flexibility index (Phi) is 9.20. The van der Waals surface area contributed by atoms with Gasteiger partial charge in [-0.15, -0.1) is 0 Å². The molecule has 0 saturated heterocycles. The second-order valence-corrected chi connectivity index (χ2v) is 19.6. The van der Waals surface area contributed by atoms with Gasteiger partial charge in [0, 0.05) is 82.5 Å². The molecule has 0 spiro atoms. The van der Waals surface area contributed by atoms with Crippen LogP contribution in [0.5, 0.6) is 0 Å². The summed E-state index contributed by atoms with van der Waals surface area (Å²) in [6.07, 6.45) is 0. The summed E-state index contributed by atoms with van der Waals surface area (Å²) in [5.41, 5.74) is 16.0. The van der Waals surface area contributed by atoms with Crippen LogP contribution in [0, 0.1) is 0 Å². The molecule has 7 heteroatoms. The van der Waals surface area contributed by atoms with Crippen LogP contribution in [-0.2, 0) is 0 Å². The van der Waals surface area contributed by atoms with Gasteiger partial charge in [0.2, 0.25) is 0 Å². The van der Waals surface area contributed by atoms with Crippen LogP contribution >= 0.6 is 0 Å². The molecule has 0 radical (unpaired) electrons. The second-order valence-electron chi connectivity index (χ2n) is 19.6. The van der Waals surface area contributed by atoms with Crippen molar-refractivity contribution in [1.82, 2.24) is 33.2 Å². The smallest absolute Gasteiger partial charge is 0.164 e. The van der Waals surface area contributed by atoms with E-state index in [4.69, 9.17) is 15.0 Å².